The summed E-state index contributed by atoms with van der Waals surface area (Å²) in [6.07, 6.45) is 0. The molecule has 0 saturated carbocycles. The Bertz CT molecular complexity index is 377. The lowest BCUT2D eigenvalue weighted by Gasteiger charge is -2.07. The number of carbonyl (C=O) groups is 1. The standard InChI is InChI=1S/C10H10F2O3/c1-3-15-8-5-6(10(13)14-2)4-7(11)9(8)12/h4-5H,3H2,1-2H3. The molecule has 0 unspecified atom stereocenters. The fraction of sp³-hybridized carbons (Fsp3) is 0.300. The monoisotopic (exact) mass is 216 g/mol. The Labute approximate surface area is 85.6 Å². The predicted octanol–water partition coefficient (Wildman–Crippen LogP) is 2.15. The van der Waals surface area contributed by atoms with Gasteiger partial charge in [-0.3, -0.25) is 0 Å². The van der Waals surface area contributed by atoms with Crippen molar-refractivity contribution in [3.8, 4) is 5.75 Å². The Balaban J connectivity index is 3.16. The fourth-order valence-electron chi connectivity index (χ4n) is 1.06. The van der Waals surface area contributed by atoms with E-state index in [1.165, 1.54) is 0 Å². The molecule has 0 aliphatic rings. The molecule has 0 radical (unpaired) electrons. The second-order valence-electron chi connectivity index (χ2n) is 2.69. The van der Waals surface area contributed by atoms with E-state index in [1.54, 1.807) is 6.92 Å². The van der Waals surface area contributed by atoms with Crippen LogP contribution in [0.15, 0.2) is 12.1 Å². The zero-order chi connectivity index (χ0) is 11.4. The summed E-state index contributed by atoms with van der Waals surface area (Å²) in [5.41, 5.74) is -0.0835. The first kappa shape index (κ1) is 11.4. The van der Waals surface area contributed by atoms with E-state index in [0.29, 0.717) is 0 Å². The van der Waals surface area contributed by atoms with Crippen LogP contribution >= 0.6 is 0 Å². The summed E-state index contributed by atoms with van der Waals surface area (Å²) in [6, 6.07) is 1.87. The van der Waals surface area contributed by atoms with E-state index in [1.807, 2.05) is 0 Å². The average molecular weight is 216 g/mol. The highest BCUT2D eigenvalue weighted by Crippen LogP contribution is 2.22. The van der Waals surface area contributed by atoms with Crippen LogP contribution in [0.1, 0.15) is 17.3 Å². The van der Waals surface area contributed by atoms with Gasteiger partial charge in [-0.1, -0.05) is 0 Å². The molecule has 1 rings (SSSR count). The van der Waals surface area contributed by atoms with Gasteiger partial charge in [0.15, 0.2) is 11.6 Å². The molecule has 0 aromatic heterocycles. The molecule has 82 valence electrons. The maximum absolute atomic E-state index is 13.1. The Morgan fingerprint density at radius 2 is 2.07 bits per heavy atom. The van der Waals surface area contributed by atoms with E-state index >= 15 is 0 Å². The minimum atomic E-state index is -1.14. The lowest BCUT2D eigenvalue weighted by Crippen LogP contribution is -2.05. The van der Waals surface area contributed by atoms with Gasteiger partial charge in [-0.05, 0) is 19.1 Å². The number of carbonyl (C=O) groups excluding carboxylic acids is 1. The average Bonchev–Trinajstić information content (AvgIpc) is 2.23. The highest BCUT2D eigenvalue weighted by Gasteiger charge is 2.15. The Morgan fingerprint density at radius 3 is 2.60 bits per heavy atom. The summed E-state index contributed by atoms with van der Waals surface area (Å²) >= 11 is 0. The number of methoxy groups -OCH3 is 1. The molecule has 0 aliphatic heterocycles. The van der Waals surface area contributed by atoms with Crippen molar-refractivity contribution in [2.75, 3.05) is 13.7 Å². The molecule has 0 saturated heterocycles. The third kappa shape index (κ3) is 2.43. The van der Waals surface area contributed by atoms with Crippen LogP contribution in [0, 0.1) is 11.6 Å². The molecule has 5 heteroatoms. The number of ether oxygens (including phenoxy) is 2. The molecule has 3 nitrogen and oxygen atoms in total. The zero-order valence-electron chi connectivity index (χ0n) is 8.34. The molecule has 0 amide bonds. The summed E-state index contributed by atoms with van der Waals surface area (Å²) in [5.74, 6) is -3.28. The SMILES string of the molecule is CCOc1cc(C(=O)OC)cc(F)c1F. The first-order valence-electron chi connectivity index (χ1n) is 4.30. The molecule has 15 heavy (non-hydrogen) atoms. The molecule has 1 aromatic carbocycles. The van der Waals surface area contributed by atoms with Crippen LogP contribution in [-0.2, 0) is 4.74 Å². The summed E-state index contributed by atoms with van der Waals surface area (Å²) < 4.78 is 35.3. The first-order valence-corrected chi connectivity index (χ1v) is 4.30. The maximum Gasteiger partial charge on any atom is 0.338 e. The summed E-state index contributed by atoms with van der Waals surface area (Å²) in [6.45, 7) is 1.81. The van der Waals surface area contributed by atoms with E-state index in [9.17, 15) is 13.6 Å². The molecule has 0 bridgehead atoms. The number of esters is 1. The minimum Gasteiger partial charge on any atom is -0.491 e. The Kier molecular flexibility index (Phi) is 3.60. The molecule has 0 atom stereocenters. The number of rotatable bonds is 3. The summed E-state index contributed by atoms with van der Waals surface area (Å²) in [4.78, 5) is 11.1. The molecular weight excluding hydrogens is 206 g/mol. The van der Waals surface area contributed by atoms with Crippen LogP contribution in [0.5, 0.6) is 5.75 Å². The van der Waals surface area contributed by atoms with Gasteiger partial charge in [0.2, 0.25) is 5.82 Å². The van der Waals surface area contributed by atoms with Crippen molar-refractivity contribution < 1.29 is 23.0 Å². The van der Waals surface area contributed by atoms with Gasteiger partial charge in [-0.2, -0.15) is 4.39 Å². The van der Waals surface area contributed by atoms with Crippen molar-refractivity contribution in [2.24, 2.45) is 0 Å². The van der Waals surface area contributed by atoms with Gasteiger partial charge in [0.25, 0.3) is 0 Å². The van der Waals surface area contributed by atoms with Gasteiger partial charge >= 0.3 is 5.97 Å². The van der Waals surface area contributed by atoms with Gasteiger partial charge < -0.3 is 9.47 Å². The quantitative estimate of drug-likeness (QED) is 0.726. The van der Waals surface area contributed by atoms with Crippen molar-refractivity contribution in [1.82, 2.24) is 0 Å². The van der Waals surface area contributed by atoms with Gasteiger partial charge in [-0.25, -0.2) is 9.18 Å². The van der Waals surface area contributed by atoms with Crippen molar-refractivity contribution in [1.29, 1.82) is 0 Å². The van der Waals surface area contributed by atoms with E-state index in [2.05, 4.69) is 4.74 Å². The Morgan fingerprint density at radius 1 is 1.40 bits per heavy atom. The third-order valence-electron chi connectivity index (χ3n) is 1.72. The number of benzene rings is 1. The Hall–Kier alpha value is -1.65. The maximum atomic E-state index is 13.1. The van der Waals surface area contributed by atoms with Gasteiger partial charge in [0.1, 0.15) is 0 Å². The highest BCUT2D eigenvalue weighted by molar-refractivity contribution is 5.89. The largest absolute Gasteiger partial charge is 0.491 e. The lowest BCUT2D eigenvalue weighted by molar-refractivity contribution is 0.0599. The molecule has 0 N–H and O–H groups in total. The van der Waals surface area contributed by atoms with Crippen LogP contribution in [0.4, 0.5) is 8.78 Å². The predicted molar refractivity (Wildman–Crippen MR) is 48.9 cm³/mol. The normalized spacial score (nSPS) is 9.87. The van der Waals surface area contributed by atoms with E-state index < -0.39 is 17.6 Å². The van der Waals surface area contributed by atoms with Crippen molar-refractivity contribution in [3.63, 3.8) is 0 Å². The van der Waals surface area contributed by atoms with E-state index in [-0.39, 0.29) is 17.9 Å². The lowest BCUT2D eigenvalue weighted by atomic mass is 10.2. The topological polar surface area (TPSA) is 35.5 Å². The van der Waals surface area contributed by atoms with E-state index in [0.717, 1.165) is 19.2 Å². The fourth-order valence-corrected chi connectivity index (χ4v) is 1.06. The van der Waals surface area contributed by atoms with Crippen molar-refractivity contribution in [2.45, 2.75) is 6.92 Å². The second kappa shape index (κ2) is 4.72. The summed E-state index contributed by atoms with van der Waals surface area (Å²) in [7, 11) is 1.16. The smallest absolute Gasteiger partial charge is 0.338 e. The molecule has 1 aromatic rings. The third-order valence-corrected chi connectivity index (χ3v) is 1.72. The van der Waals surface area contributed by atoms with E-state index in [4.69, 9.17) is 4.74 Å². The molecule has 0 aliphatic carbocycles. The van der Waals surface area contributed by atoms with Gasteiger partial charge in [0.05, 0.1) is 19.3 Å². The van der Waals surface area contributed by atoms with Gasteiger partial charge in [0, 0.05) is 0 Å². The molecular formula is C10H10F2O3. The number of halogens is 2. The second-order valence-corrected chi connectivity index (χ2v) is 2.69. The van der Waals surface area contributed by atoms with Crippen molar-refractivity contribution in [3.05, 3.63) is 29.3 Å². The molecule has 0 fully saturated rings. The number of hydrogen-bond acceptors (Lipinski definition) is 3. The van der Waals surface area contributed by atoms with Crippen LogP contribution in [0.3, 0.4) is 0 Å². The minimum absolute atomic E-state index is 0.0835. The van der Waals surface area contributed by atoms with Crippen LogP contribution in [-0.4, -0.2) is 19.7 Å². The summed E-state index contributed by atoms with van der Waals surface area (Å²) in [5, 5.41) is 0. The molecule has 0 heterocycles. The zero-order valence-corrected chi connectivity index (χ0v) is 8.34. The molecule has 0 spiro atoms. The first-order chi connectivity index (χ1) is 7.10. The van der Waals surface area contributed by atoms with Crippen molar-refractivity contribution >= 4 is 5.97 Å². The van der Waals surface area contributed by atoms with Crippen LogP contribution in [0.2, 0.25) is 0 Å². The highest BCUT2D eigenvalue weighted by atomic mass is 19.2. The van der Waals surface area contributed by atoms with Crippen LogP contribution < -0.4 is 4.74 Å². The number of hydrogen-bond donors (Lipinski definition) is 0. The van der Waals surface area contributed by atoms with Crippen LogP contribution in [0.25, 0.3) is 0 Å². The van der Waals surface area contributed by atoms with Gasteiger partial charge in [-0.15, -0.1) is 0 Å².